The second-order valence-electron chi connectivity index (χ2n) is 7.67. The Bertz CT molecular complexity index is 1310. The number of benzene rings is 2. The third-order valence-electron chi connectivity index (χ3n) is 5.57. The lowest BCUT2D eigenvalue weighted by atomic mass is 10.2. The van der Waals surface area contributed by atoms with E-state index in [0.717, 1.165) is 28.8 Å². The SMILES string of the molecule is Cc1cc(OCC(=O)N2CCc3ccccc32)nc2c1c(C)nn2-c1cccc(F)c1. The van der Waals surface area contributed by atoms with E-state index in [1.54, 1.807) is 27.8 Å². The number of aromatic nitrogens is 3. The highest BCUT2D eigenvalue weighted by Gasteiger charge is 2.24. The average Bonchev–Trinajstić information content (AvgIpc) is 3.33. The van der Waals surface area contributed by atoms with Crippen molar-refractivity contribution >= 4 is 22.6 Å². The molecule has 0 fully saturated rings. The van der Waals surface area contributed by atoms with Crippen LogP contribution in [0.2, 0.25) is 0 Å². The Morgan fingerprint density at radius 3 is 2.81 bits per heavy atom. The molecule has 0 saturated carbocycles. The Labute approximate surface area is 178 Å². The van der Waals surface area contributed by atoms with Gasteiger partial charge >= 0.3 is 0 Å². The molecule has 156 valence electrons. The highest BCUT2D eigenvalue weighted by atomic mass is 19.1. The maximum atomic E-state index is 13.8. The molecule has 6 nitrogen and oxygen atoms in total. The van der Waals surface area contributed by atoms with Crippen LogP contribution in [-0.4, -0.2) is 33.8 Å². The number of nitrogens with zero attached hydrogens (tertiary/aromatic N) is 4. The van der Waals surface area contributed by atoms with Gasteiger partial charge in [-0.2, -0.15) is 10.1 Å². The zero-order valence-corrected chi connectivity index (χ0v) is 17.3. The van der Waals surface area contributed by atoms with Crippen molar-refractivity contribution < 1.29 is 13.9 Å². The van der Waals surface area contributed by atoms with Gasteiger partial charge in [-0.3, -0.25) is 4.79 Å². The average molecular weight is 416 g/mol. The number of para-hydroxylation sites is 1. The minimum atomic E-state index is -0.348. The zero-order chi connectivity index (χ0) is 21.5. The van der Waals surface area contributed by atoms with Crippen molar-refractivity contribution in [3.05, 3.63) is 77.2 Å². The molecule has 2 aromatic heterocycles. The predicted octanol–water partition coefficient (Wildman–Crippen LogP) is 4.14. The van der Waals surface area contributed by atoms with E-state index in [0.29, 0.717) is 23.8 Å². The molecule has 4 aromatic rings. The molecule has 0 radical (unpaired) electrons. The summed E-state index contributed by atoms with van der Waals surface area (Å²) in [4.78, 5) is 19.1. The minimum Gasteiger partial charge on any atom is -0.467 e. The molecule has 0 unspecified atom stereocenters. The fourth-order valence-corrected chi connectivity index (χ4v) is 4.15. The molecule has 0 atom stereocenters. The first kappa shape index (κ1) is 19.2. The maximum Gasteiger partial charge on any atom is 0.264 e. The smallest absolute Gasteiger partial charge is 0.264 e. The van der Waals surface area contributed by atoms with Crippen molar-refractivity contribution in [2.75, 3.05) is 18.1 Å². The van der Waals surface area contributed by atoms with Crippen molar-refractivity contribution in [1.82, 2.24) is 14.8 Å². The van der Waals surface area contributed by atoms with Crippen molar-refractivity contribution in [2.45, 2.75) is 20.3 Å². The lowest BCUT2D eigenvalue weighted by Gasteiger charge is -2.17. The molecule has 31 heavy (non-hydrogen) atoms. The van der Waals surface area contributed by atoms with Gasteiger partial charge in [0.15, 0.2) is 12.3 Å². The lowest BCUT2D eigenvalue weighted by Crippen LogP contribution is -2.33. The fourth-order valence-electron chi connectivity index (χ4n) is 4.15. The van der Waals surface area contributed by atoms with Crippen LogP contribution in [0.5, 0.6) is 5.88 Å². The molecule has 0 saturated heterocycles. The van der Waals surface area contributed by atoms with Crippen molar-refractivity contribution in [2.24, 2.45) is 0 Å². The summed E-state index contributed by atoms with van der Waals surface area (Å²) in [6, 6.07) is 15.9. The van der Waals surface area contributed by atoms with Gasteiger partial charge in [-0.05, 0) is 55.7 Å². The number of hydrogen-bond acceptors (Lipinski definition) is 4. The largest absolute Gasteiger partial charge is 0.467 e. The summed E-state index contributed by atoms with van der Waals surface area (Å²) in [6.45, 7) is 4.37. The van der Waals surface area contributed by atoms with E-state index in [1.165, 1.54) is 17.7 Å². The Hall–Kier alpha value is -3.74. The summed E-state index contributed by atoms with van der Waals surface area (Å²) in [5, 5.41) is 5.43. The van der Waals surface area contributed by atoms with Crippen LogP contribution in [-0.2, 0) is 11.2 Å². The van der Waals surface area contributed by atoms with E-state index in [1.807, 2.05) is 38.1 Å². The van der Waals surface area contributed by atoms with Crippen LogP contribution in [0.1, 0.15) is 16.8 Å². The summed E-state index contributed by atoms with van der Waals surface area (Å²) in [6.07, 6.45) is 0.845. The van der Waals surface area contributed by atoms with E-state index in [-0.39, 0.29) is 18.3 Å². The number of ether oxygens (including phenoxy) is 1. The normalized spacial score (nSPS) is 12.9. The second-order valence-corrected chi connectivity index (χ2v) is 7.67. The molecular formula is C24H21FN4O2. The maximum absolute atomic E-state index is 13.8. The third kappa shape index (κ3) is 3.42. The molecule has 1 amide bonds. The molecule has 1 aliphatic heterocycles. The van der Waals surface area contributed by atoms with Gasteiger partial charge in [0.25, 0.3) is 5.91 Å². The van der Waals surface area contributed by atoms with Crippen molar-refractivity contribution in [3.8, 4) is 11.6 Å². The lowest BCUT2D eigenvalue weighted by molar-refractivity contribution is -0.120. The standard InChI is InChI=1S/C24H21FN4O2/c1-15-12-21(31-14-22(30)28-11-10-17-6-3-4-9-20(17)28)26-24-23(15)16(2)27-29(24)19-8-5-7-18(25)13-19/h3-9,12-13H,10-11,14H2,1-2H3. The van der Waals surface area contributed by atoms with Gasteiger partial charge < -0.3 is 9.64 Å². The topological polar surface area (TPSA) is 60.2 Å². The number of anilines is 1. The third-order valence-corrected chi connectivity index (χ3v) is 5.57. The Morgan fingerprint density at radius 1 is 1.13 bits per heavy atom. The molecule has 0 N–H and O–H groups in total. The number of pyridine rings is 1. The van der Waals surface area contributed by atoms with Crippen LogP contribution in [0.25, 0.3) is 16.7 Å². The number of amides is 1. The number of carbonyl (C=O) groups is 1. The number of aryl methyl sites for hydroxylation is 2. The first-order valence-corrected chi connectivity index (χ1v) is 10.2. The quantitative estimate of drug-likeness (QED) is 0.502. The summed E-state index contributed by atoms with van der Waals surface area (Å²) in [5.74, 6) is -0.123. The van der Waals surface area contributed by atoms with E-state index in [9.17, 15) is 9.18 Å². The van der Waals surface area contributed by atoms with Gasteiger partial charge in [0.05, 0.1) is 11.4 Å². The molecule has 3 heterocycles. The van der Waals surface area contributed by atoms with Crippen LogP contribution in [0.4, 0.5) is 10.1 Å². The first-order valence-electron chi connectivity index (χ1n) is 10.2. The van der Waals surface area contributed by atoms with Gasteiger partial charge in [0.2, 0.25) is 5.88 Å². The van der Waals surface area contributed by atoms with Crippen molar-refractivity contribution in [1.29, 1.82) is 0 Å². The fraction of sp³-hybridized carbons (Fsp3) is 0.208. The summed E-state index contributed by atoms with van der Waals surface area (Å²) in [7, 11) is 0. The van der Waals surface area contributed by atoms with Gasteiger partial charge in [-0.25, -0.2) is 9.07 Å². The van der Waals surface area contributed by atoms with E-state index >= 15 is 0 Å². The number of rotatable bonds is 4. The molecular weight excluding hydrogens is 395 g/mol. The van der Waals surface area contributed by atoms with Gasteiger partial charge in [-0.15, -0.1) is 0 Å². The van der Waals surface area contributed by atoms with Crippen molar-refractivity contribution in [3.63, 3.8) is 0 Å². The number of halogens is 1. The Morgan fingerprint density at radius 2 is 1.97 bits per heavy atom. The Kier molecular flexibility index (Phi) is 4.66. The molecule has 0 aliphatic carbocycles. The molecule has 2 aromatic carbocycles. The monoisotopic (exact) mass is 416 g/mol. The number of fused-ring (bicyclic) bond motifs is 2. The summed E-state index contributed by atoms with van der Waals surface area (Å²) >= 11 is 0. The highest BCUT2D eigenvalue weighted by Crippen LogP contribution is 2.29. The summed E-state index contributed by atoms with van der Waals surface area (Å²) in [5.41, 5.74) is 4.97. The van der Waals surface area contributed by atoms with Gasteiger partial charge in [-0.1, -0.05) is 24.3 Å². The molecule has 1 aliphatic rings. The number of hydrogen-bond donors (Lipinski definition) is 0. The predicted molar refractivity (Wildman–Crippen MR) is 116 cm³/mol. The van der Waals surface area contributed by atoms with Gasteiger partial charge in [0, 0.05) is 23.7 Å². The van der Waals surface area contributed by atoms with Crippen LogP contribution in [0, 0.1) is 19.7 Å². The van der Waals surface area contributed by atoms with Crippen LogP contribution in [0.3, 0.4) is 0 Å². The minimum absolute atomic E-state index is 0.112. The molecule has 0 spiro atoms. The molecule has 7 heteroatoms. The summed E-state index contributed by atoms with van der Waals surface area (Å²) < 4.78 is 21.1. The zero-order valence-electron chi connectivity index (χ0n) is 17.3. The van der Waals surface area contributed by atoms with Crippen LogP contribution < -0.4 is 9.64 Å². The van der Waals surface area contributed by atoms with Crippen LogP contribution >= 0.6 is 0 Å². The van der Waals surface area contributed by atoms with E-state index in [4.69, 9.17) is 4.74 Å². The van der Waals surface area contributed by atoms with E-state index < -0.39 is 0 Å². The Balaban J connectivity index is 1.43. The van der Waals surface area contributed by atoms with Gasteiger partial charge in [0.1, 0.15) is 5.82 Å². The highest BCUT2D eigenvalue weighted by molar-refractivity contribution is 5.96. The first-order chi connectivity index (χ1) is 15.0. The van der Waals surface area contributed by atoms with E-state index in [2.05, 4.69) is 10.1 Å². The second kappa shape index (κ2) is 7.50. The molecule has 5 rings (SSSR count). The molecule has 0 bridgehead atoms. The number of carbonyl (C=O) groups excluding carboxylic acids is 1. The van der Waals surface area contributed by atoms with Crippen LogP contribution in [0.15, 0.2) is 54.6 Å².